The Kier molecular flexibility index (Phi) is 8.90. The van der Waals surface area contributed by atoms with Crippen LogP contribution in [0.25, 0.3) is 10.9 Å². The molecule has 1 aromatic heterocycles. The van der Waals surface area contributed by atoms with Crippen LogP contribution in [0.3, 0.4) is 0 Å². The minimum Gasteiger partial charge on any atom is -0.449 e. The van der Waals surface area contributed by atoms with Crippen LogP contribution in [-0.4, -0.2) is 34.1 Å². The number of fused-ring (bicyclic) bond motifs is 3. The summed E-state index contributed by atoms with van der Waals surface area (Å²) >= 11 is 0. The van der Waals surface area contributed by atoms with E-state index in [9.17, 15) is 14.0 Å². The average molecular weight is 536 g/mol. The lowest BCUT2D eigenvalue weighted by Crippen LogP contribution is -2.47. The number of aryl methyl sites for hydroxylation is 1. The molecule has 1 aliphatic rings. The molecule has 8 heteroatoms. The number of hydrogen-bond donors (Lipinski definition) is 1. The molecule has 0 saturated carbocycles. The molecule has 1 aliphatic heterocycles. The third kappa shape index (κ3) is 5.78. The Bertz CT molecular complexity index is 1390. The Balaban J connectivity index is 1.76. The number of halogens is 2. The van der Waals surface area contributed by atoms with Crippen molar-refractivity contribution in [2.75, 3.05) is 11.9 Å². The molecule has 2 heterocycles. The average Bonchev–Trinajstić information content (AvgIpc) is 3.20. The lowest BCUT2D eigenvalue weighted by atomic mass is 9.86. The van der Waals surface area contributed by atoms with Gasteiger partial charge in [-0.1, -0.05) is 51.7 Å². The van der Waals surface area contributed by atoms with Crippen LogP contribution in [0.15, 0.2) is 36.4 Å². The molecule has 0 spiro atoms. The van der Waals surface area contributed by atoms with E-state index in [0.717, 1.165) is 49.3 Å². The van der Waals surface area contributed by atoms with Crippen molar-refractivity contribution >= 4 is 28.6 Å². The molecule has 0 fully saturated rings. The second kappa shape index (κ2) is 12.3. The third-order valence-electron chi connectivity index (χ3n) is 7.43. The van der Waals surface area contributed by atoms with Crippen LogP contribution in [0.2, 0.25) is 0 Å². The maximum atomic E-state index is 15.0. The summed E-state index contributed by atoms with van der Waals surface area (Å²) in [6, 6.07) is 8.49. The van der Waals surface area contributed by atoms with E-state index in [4.69, 9.17) is 11.2 Å². The number of aromatic nitrogens is 1. The van der Waals surface area contributed by atoms with Gasteiger partial charge in [0.2, 0.25) is 0 Å². The highest BCUT2D eigenvalue weighted by atomic mass is 19.1. The number of carbonyl (C=O) groups excluding carboxylic acids is 2. The summed E-state index contributed by atoms with van der Waals surface area (Å²) in [5.41, 5.74) is 3.09. The van der Waals surface area contributed by atoms with Crippen molar-refractivity contribution in [2.24, 2.45) is 7.05 Å². The van der Waals surface area contributed by atoms with Gasteiger partial charge in [0.1, 0.15) is 11.6 Å². The van der Waals surface area contributed by atoms with Crippen LogP contribution in [0.5, 0.6) is 0 Å². The molecule has 2 amide bonds. The highest BCUT2D eigenvalue weighted by Crippen LogP contribution is 2.44. The van der Waals surface area contributed by atoms with Gasteiger partial charge in [-0.2, -0.15) is 0 Å². The number of hydrogen-bond acceptors (Lipinski definition) is 3. The van der Waals surface area contributed by atoms with Gasteiger partial charge in [0, 0.05) is 35.9 Å². The van der Waals surface area contributed by atoms with E-state index < -0.39 is 29.7 Å². The standard InChI is InChI=1S/C31H35F2N3O3/c1-5-8-10-16-39-31(38)34-22-14-12-20(13-15-22)28-30-25(19-23(11-9-6-2)36(28)27(37)7-3)24-17-21(32)18-26(33)29(24)35(30)4/h3,12-15,17-18,23,28H,5-6,8-11,16,19H2,1-2,4H3,(H,34,38)/t23-,28-/m0/s1. The Labute approximate surface area is 228 Å². The molecule has 2 atom stereocenters. The van der Waals surface area contributed by atoms with Gasteiger partial charge in [0.25, 0.3) is 5.91 Å². The van der Waals surface area contributed by atoms with Gasteiger partial charge in [-0.05, 0) is 54.5 Å². The molecule has 0 saturated heterocycles. The monoisotopic (exact) mass is 535 g/mol. The van der Waals surface area contributed by atoms with Crippen molar-refractivity contribution in [2.45, 2.75) is 70.9 Å². The van der Waals surface area contributed by atoms with Gasteiger partial charge in [-0.15, -0.1) is 6.42 Å². The van der Waals surface area contributed by atoms with Gasteiger partial charge in [-0.3, -0.25) is 10.1 Å². The number of nitrogens with zero attached hydrogens (tertiary/aromatic N) is 2. The summed E-state index contributed by atoms with van der Waals surface area (Å²) in [5, 5.41) is 3.23. The lowest BCUT2D eigenvalue weighted by molar-refractivity contribution is -0.130. The minimum atomic E-state index is -0.655. The van der Waals surface area contributed by atoms with Crippen LogP contribution in [-0.2, 0) is 23.0 Å². The van der Waals surface area contributed by atoms with E-state index in [2.05, 4.69) is 25.1 Å². The quantitative estimate of drug-likeness (QED) is 0.240. The molecule has 0 bridgehead atoms. The summed E-state index contributed by atoms with van der Waals surface area (Å²) < 4.78 is 36.3. The van der Waals surface area contributed by atoms with E-state index in [1.807, 2.05) is 12.1 Å². The molecular formula is C31H35F2N3O3. The van der Waals surface area contributed by atoms with Crippen molar-refractivity contribution in [1.82, 2.24) is 9.47 Å². The Morgan fingerprint density at radius 2 is 1.82 bits per heavy atom. The van der Waals surface area contributed by atoms with Gasteiger partial charge in [0.05, 0.1) is 18.2 Å². The Hall–Kier alpha value is -3.86. The molecule has 2 aromatic carbocycles. The number of rotatable bonds is 9. The van der Waals surface area contributed by atoms with Crippen LogP contribution in [0.1, 0.15) is 75.2 Å². The fourth-order valence-corrected chi connectivity index (χ4v) is 5.61. The maximum Gasteiger partial charge on any atom is 0.411 e. The van der Waals surface area contributed by atoms with Gasteiger partial charge < -0.3 is 14.2 Å². The molecule has 0 radical (unpaired) electrons. The van der Waals surface area contributed by atoms with Gasteiger partial charge in [0.15, 0.2) is 0 Å². The van der Waals surface area contributed by atoms with Crippen molar-refractivity contribution in [1.29, 1.82) is 0 Å². The fraction of sp³-hybridized carbons (Fsp3) is 0.419. The second-order valence-electron chi connectivity index (χ2n) is 10.1. The largest absolute Gasteiger partial charge is 0.449 e. The van der Waals surface area contributed by atoms with Crippen LogP contribution in [0, 0.1) is 24.0 Å². The van der Waals surface area contributed by atoms with E-state index in [1.165, 1.54) is 6.07 Å². The van der Waals surface area contributed by atoms with Gasteiger partial charge in [-0.25, -0.2) is 13.6 Å². The predicted octanol–water partition coefficient (Wildman–Crippen LogP) is 6.86. The van der Waals surface area contributed by atoms with Crippen molar-refractivity contribution in [3.8, 4) is 12.3 Å². The summed E-state index contributed by atoms with van der Waals surface area (Å²) in [7, 11) is 1.73. The zero-order valence-electron chi connectivity index (χ0n) is 22.7. The van der Waals surface area contributed by atoms with Crippen molar-refractivity contribution < 1.29 is 23.1 Å². The summed E-state index contributed by atoms with van der Waals surface area (Å²) in [4.78, 5) is 27.1. The van der Waals surface area contributed by atoms with Crippen molar-refractivity contribution in [3.05, 3.63) is 64.9 Å². The summed E-state index contributed by atoms with van der Waals surface area (Å²) in [5.74, 6) is 0.525. The number of terminal acetylenes is 1. The molecule has 0 aliphatic carbocycles. The molecule has 4 rings (SSSR count). The zero-order valence-corrected chi connectivity index (χ0v) is 22.7. The first-order chi connectivity index (χ1) is 18.8. The van der Waals surface area contributed by atoms with E-state index in [1.54, 1.807) is 28.6 Å². The second-order valence-corrected chi connectivity index (χ2v) is 10.1. The van der Waals surface area contributed by atoms with Crippen LogP contribution < -0.4 is 5.32 Å². The lowest BCUT2D eigenvalue weighted by Gasteiger charge is -2.42. The first-order valence-electron chi connectivity index (χ1n) is 13.6. The Morgan fingerprint density at radius 1 is 1.10 bits per heavy atom. The zero-order chi connectivity index (χ0) is 28.1. The number of nitrogens with one attached hydrogen (secondary N) is 1. The molecule has 0 unspecified atom stereocenters. The number of amides is 2. The molecule has 6 nitrogen and oxygen atoms in total. The molecule has 206 valence electrons. The maximum absolute atomic E-state index is 15.0. The first-order valence-corrected chi connectivity index (χ1v) is 13.6. The minimum absolute atomic E-state index is 0.237. The molecule has 3 aromatic rings. The number of anilines is 1. The number of benzene rings is 2. The fourth-order valence-electron chi connectivity index (χ4n) is 5.61. The van der Waals surface area contributed by atoms with Crippen LogP contribution in [0.4, 0.5) is 19.3 Å². The highest BCUT2D eigenvalue weighted by molar-refractivity contribution is 5.95. The van der Waals surface area contributed by atoms with Crippen molar-refractivity contribution in [3.63, 3.8) is 0 Å². The predicted molar refractivity (Wildman–Crippen MR) is 148 cm³/mol. The molecule has 1 N–H and O–H groups in total. The number of ether oxygens (including phenoxy) is 1. The third-order valence-corrected chi connectivity index (χ3v) is 7.43. The van der Waals surface area contributed by atoms with Gasteiger partial charge >= 0.3 is 6.09 Å². The number of carbonyl (C=O) groups is 2. The molecule has 39 heavy (non-hydrogen) atoms. The Morgan fingerprint density at radius 3 is 2.49 bits per heavy atom. The van der Waals surface area contributed by atoms with Crippen LogP contribution >= 0.6 is 0 Å². The summed E-state index contributed by atoms with van der Waals surface area (Å²) in [6.45, 7) is 4.50. The number of unbranched alkanes of at least 4 members (excludes halogenated alkanes) is 3. The SMILES string of the molecule is C#CC(=O)N1[C@@H](CCCC)Cc2c(n(C)c3c(F)cc(F)cc23)[C@@H]1c1ccc(NC(=O)OCCCCC)cc1. The first kappa shape index (κ1) is 28.2. The van der Waals surface area contributed by atoms with E-state index in [-0.39, 0.29) is 6.04 Å². The van der Waals surface area contributed by atoms with E-state index in [0.29, 0.717) is 41.7 Å². The normalized spacial score (nSPS) is 16.6. The smallest absolute Gasteiger partial charge is 0.411 e. The molecular weight excluding hydrogens is 500 g/mol. The topological polar surface area (TPSA) is 63.6 Å². The summed E-state index contributed by atoms with van der Waals surface area (Å²) in [6.07, 6.45) is 10.9. The highest BCUT2D eigenvalue weighted by Gasteiger charge is 2.41. The van der Waals surface area contributed by atoms with E-state index >= 15 is 4.39 Å².